The molecule has 0 aromatic heterocycles. The van der Waals surface area contributed by atoms with Gasteiger partial charge in [0.1, 0.15) is 0 Å². The molecule has 16 heavy (non-hydrogen) atoms. The number of aliphatic hydroxyl groups excluding tert-OH is 1. The van der Waals surface area contributed by atoms with Gasteiger partial charge in [-0.2, -0.15) is 11.8 Å². The Kier molecular flexibility index (Phi) is 5.62. The minimum atomic E-state index is -0.129. The predicted octanol–water partition coefficient (Wildman–Crippen LogP) is 2.80. The Bertz CT molecular complexity index is 203. The molecule has 3 unspecified atom stereocenters. The first-order valence-corrected chi connectivity index (χ1v) is 7.45. The van der Waals surface area contributed by atoms with Gasteiger partial charge in [0.15, 0.2) is 0 Å². The molecule has 0 heterocycles. The fourth-order valence-corrected chi connectivity index (χ4v) is 2.94. The molecule has 0 aliphatic heterocycles. The molecule has 3 heteroatoms. The zero-order valence-corrected chi connectivity index (χ0v) is 11.9. The number of hydrogen-bond acceptors (Lipinski definition) is 3. The summed E-state index contributed by atoms with van der Waals surface area (Å²) in [7, 11) is 0. The van der Waals surface area contributed by atoms with Gasteiger partial charge in [0.2, 0.25) is 0 Å². The first kappa shape index (κ1) is 14.3. The zero-order chi connectivity index (χ0) is 12.2. The third-order valence-electron chi connectivity index (χ3n) is 2.99. The van der Waals surface area contributed by atoms with Crippen molar-refractivity contribution in [3.8, 4) is 0 Å². The number of aliphatic hydroxyl groups is 1. The molecule has 1 aliphatic carbocycles. The first-order valence-electron chi connectivity index (χ1n) is 6.46. The van der Waals surface area contributed by atoms with E-state index in [4.69, 9.17) is 0 Å². The molecule has 96 valence electrons. The summed E-state index contributed by atoms with van der Waals surface area (Å²) >= 11 is 1.99. The highest BCUT2D eigenvalue weighted by Crippen LogP contribution is 2.24. The van der Waals surface area contributed by atoms with Gasteiger partial charge in [0, 0.05) is 22.6 Å². The highest BCUT2D eigenvalue weighted by molar-refractivity contribution is 8.00. The number of thioether (sulfide) groups is 1. The summed E-state index contributed by atoms with van der Waals surface area (Å²) in [6, 6.07) is 0.811. The van der Waals surface area contributed by atoms with Crippen molar-refractivity contribution in [3.05, 3.63) is 0 Å². The smallest absolute Gasteiger partial charge is 0.0693 e. The second kappa shape index (κ2) is 6.27. The van der Waals surface area contributed by atoms with Gasteiger partial charge in [-0.15, -0.1) is 0 Å². The maximum absolute atomic E-state index is 9.88. The predicted molar refractivity (Wildman–Crippen MR) is 73.1 cm³/mol. The molecular weight excluding hydrogens is 218 g/mol. The van der Waals surface area contributed by atoms with Crippen LogP contribution in [0.5, 0.6) is 0 Å². The molecule has 0 aromatic carbocycles. The van der Waals surface area contributed by atoms with Crippen LogP contribution in [0.2, 0.25) is 0 Å². The Balaban J connectivity index is 2.24. The fraction of sp³-hybridized carbons (Fsp3) is 1.00. The van der Waals surface area contributed by atoms with E-state index in [1.165, 1.54) is 12.8 Å². The minimum Gasteiger partial charge on any atom is -0.392 e. The molecule has 0 saturated heterocycles. The Morgan fingerprint density at radius 3 is 2.50 bits per heavy atom. The van der Waals surface area contributed by atoms with E-state index < -0.39 is 0 Å². The van der Waals surface area contributed by atoms with Crippen molar-refractivity contribution in [2.45, 2.75) is 76.3 Å². The van der Waals surface area contributed by atoms with Crippen molar-refractivity contribution < 1.29 is 5.11 Å². The van der Waals surface area contributed by atoms with Crippen LogP contribution in [-0.2, 0) is 0 Å². The van der Waals surface area contributed by atoms with E-state index >= 15 is 0 Å². The summed E-state index contributed by atoms with van der Waals surface area (Å²) in [5.41, 5.74) is 0. The van der Waals surface area contributed by atoms with Gasteiger partial charge >= 0.3 is 0 Å². The van der Waals surface area contributed by atoms with E-state index in [0.717, 1.165) is 18.6 Å². The average Bonchev–Trinajstić information content (AvgIpc) is 2.18. The SMILES string of the molecule is CC(CSC(C)(C)C)NC1CCCCC1O. The van der Waals surface area contributed by atoms with E-state index in [2.05, 4.69) is 33.0 Å². The molecule has 0 bridgehead atoms. The van der Waals surface area contributed by atoms with Gasteiger partial charge in [-0.1, -0.05) is 33.6 Å². The van der Waals surface area contributed by atoms with Crippen LogP contribution in [0, 0.1) is 0 Å². The van der Waals surface area contributed by atoms with Crippen LogP contribution >= 0.6 is 11.8 Å². The normalized spacial score (nSPS) is 29.1. The van der Waals surface area contributed by atoms with Crippen molar-refractivity contribution in [2.75, 3.05) is 5.75 Å². The second-order valence-electron chi connectivity index (χ2n) is 5.95. The summed E-state index contributed by atoms with van der Waals surface area (Å²) in [6.45, 7) is 8.97. The van der Waals surface area contributed by atoms with Gasteiger partial charge in [-0.25, -0.2) is 0 Å². The van der Waals surface area contributed by atoms with Crippen LogP contribution < -0.4 is 5.32 Å². The van der Waals surface area contributed by atoms with E-state index in [-0.39, 0.29) is 6.10 Å². The topological polar surface area (TPSA) is 32.3 Å². The molecule has 0 amide bonds. The Morgan fingerprint density at radius 2 is 1.94 bits per heavy atom. The largest absolute Gasteiger partial charge is 0.392 e. The maximum Gasteiger partial charge on any atom is 0.0693 e. The lowest BCUT2D eigenvalue weighted by atomic mass is 9.92. The molecule has 2 N–H and O–H groups in total. The molecule has 2 nitrogen and oxygen atoms in total. The molecule has 0 spiro atoms. The Morgan fingerprint density at radius 1 is 1.31 bits per heavy atom. The second-order valence-corrected chi connectivity index (χ2v) is 7.80. The van der Waals surface area contributed by atoms with Crippen molar-refractivity contribution >= 4 is 11.8 Å². The quantitative estimate of drug-likeness (QED) is 0.799. The van der Waals surface area contributed by atoms with Crippen molar-refractivity contribution in [2.24, 2.45) is 0 Å². The molecule has 0 aromatic rings. The fourth-order valence-electron chi connectivity index (χ4n) is 2.09. The van der Waals surface area contributed by atoms with Crippen LogP contribution in [0.15, 0.2) is 0 Å². The van der Waals surface area contributed by atoms with E-state index in [0.29, 0.717) is 16.8 Å². The molecule has 1 fully saturated rings. The van der Waals surface area contributed by atoms with E-state index in [1.54, 1.807) is 0 Å². The van der Waals surface area contributed by atoms with Crippen molar-refractivity contribution in [1.82, 2.24) is 5.32 Å². The Labute approximate surface area is 105 Å². The van der Waals surface area contributed by atoms with E-state index in [1.807, 2.05) is 11.8 Å². The standard InChI is InChI=1S/C13H27NOS/c1-10(9-16-13(2,3)4)14-11-7-5-6-8-12(11)15/h10-12,14-15H,5-9H2,1-4H3. The Hall–Kier alpha value is 0.270. The number of rotatable bonds is 4. The summed E-state index contributed by atoms with van der Waals surface area (Å²) in [5.74, 6) is 1.12. The summed E-state index contributed by atoms with van der Waals surface area (Å²) in [4.78, 5) is 0. The maximum atomic E-state index is 9.88. The highest BCUT2D eigenvalue weighted by atomic mass is 32.2. The molecule has 1 aliphatic rings. The van der Waals surface area contributed by atoms with Crippen LogP contribution in [-0.4, -0.2) is 33.8 Å². The number of hydrogen-bond donors (Lipinski definition) is 2. The zero-order valence-electron chi connectivity index (χ0n) is 11.1. The van der Waals surface area contributed by atoms with Gasteiger partial charge in [0.05, 0.1) is 6.10 Å². The number of nitrogens with one attached hydrogen (secondary N) is 1. The van der Waals surface area contributed by atoms with Crippen molar-refractivity contribution in [1.29, 1.82) is 0 Å². The van der Waals surface area contributed by atoms with Crippen LogP contribution in [0.1, 0.15) is 53.4 Å². The van der Waals surface area contributed by atoms with Gasteiger partial charge < -0.3 is 10.4 Å². The minimum absolute atomic E-state index is 0.129. The van der Waals surface area contributed by atoms with Crippen LogP contribution in [0.25, 0.3) is 0 Å². The summed E-state index contributed by atoms with van der Waals surface area (Å²) in [6.07, 6.45) is 4.41. The summed E-state index contributed by atoms with van der Waals surface area (Å²) < 4.78 is 0.334. The third-order valence-corrected chi connectivity index (χ3v) is 4.53. The third kappa shape index (κ3) is 5.55. The summed E-state index contributed by atoms with van der Waals surface area (Å²) in [5, 5.41) is 13.4. The lowest BCUT2D eigenvalue weighted by Crippen LogP contribution is -2.47. The van der Waals surface area contributed by atoms with Crippen molar-refractivity contribution in [3.63, 3.8) is 0 Å². The van der Waals surface area contributed by atoms with Crippen LogP contribution in [0.4, 0.5) is 0 Å². The van der Waals surface area contributed by atoms with Gasteiger partial charge in [0.25, 0.3) is 0 Å². The van der Waals surface area contributed by atoms with Crippen LogP contribution in [0.3, 0.4) is 0 Å². The average molecular weight is 245 g/mol. The van der Waals surface area contributed by atoms with Gasteiger partial charge in [-0.05, 0) is 19.8 Å². The van der Waals surface area contributed by atoms with E-state index in [9.17, 15) is 5.11 Å². The molecule has 3 atom stereocenters. The van der Waals surface area contributed by atoms with Gasteiger partial charge in [-0.3, -0.25) is 0 Å². The lowest BCUT2D eigenvalue weighted by Gasteiger charge is -2.32. The molecule has 0 radical (unpaired) electrons. The highest BCUT2D eigenvalue weighted by Gasteiger charge is 2.24. The molecule has 1 rings (SSSR count). The lowest BCUT2D eigenvalue weighted by molar-refractivity contribution is 0.0873. The first-order chi connectivity index (χ1) is 7.38. The molecule has 1 saturated carbocycles. The molecular formula is C13H27NOS. The monoisotopic (exact) mass is 245 g/mol.